The zero-order valence-electron chi connectivity index (χ0n) is 16.1. The first-order valence-corrected chi connectivity index (χ1v) is 9.38. The summed E-state index contributed by atoms with van der Waals surface area (Å²) in [4.78, 5) is 17.3. The Balaban J connectivity index is 1.65. The molecule has 26 heavy (non-hydrogen) atoms. The number of nitrogens with zero attached hydrogens (tertiary/aromatic N) is 1. The van der Waals surface area contributed by atoms with Gasteiger partial charge in [0.1, 0.15) is 17.3 Å². The lowest BCUT2D eigenvalue weighted by Crippen LogP contribution is -2.44. The molecule has 0 spiro atoms. The third kappa shape index (κ3) is 3.93. The second-order valence-electron chi connectivity index (χ2n) is 8.08. The molecule has 5 nitrogen and oxygen atoms in total. The molecule has 1 aromatic rings. The van der Waals surface area contributed by atoms with Crippen molar-refractivity contribution in [3.63, 3.8) is 0 Å². The largest absolute Gasteiger partial charge is 0.497 e. The Morgan fingerprint density at radius 3 is 2.38 bits per heavy atom. The van der Waals surface area contributed by atoms with E-state index in [1.54, 1.807) is 7.11 Å². The Morgan fingerprint density at radius 1 is 1.23 bits per heavy atom. The van der Waals surface area contributed by atoms with Gasteiger partial charge in [0.2, 0.25) is 0 Å². The molecule has 1 aliphatic carbocycles. The Morgan fingerprint density at radius 2 is 1.85 bits per heavy atom. The normalized spacial score (nSPS) is 27.2. The molecule has 0 bridgehead atoms. The van der Waals surface area contributed by atoms with E-state index in [-0.39, 0.29) is 23.0 Å². The van der Waals surface area contributed by atoms with Gasteiger partial charge in [-0.3, -0.25) is 9.79 Å². The molecule has 0 amide bonds. The van der Waals surface area contributed by atoms with Gasteiger partial charge in [-0.05, 0) is 56.4 Å². The maximum atomic E-state index is 12.9. The van der Waals surface area contributed by atoms with Crippen LogP contribution in [0.4, 0.5) is 0 Å². The van der Waals surface area contributed by atoms with Crippen molar-refractivity contribution in [1.82, 2.24) is 0 Å². The molecule has 1 saturated carbocycles. The van der Waals surface area contributed by atoms with Crippen LogP contribution in [0.1, 0.15) is 40.0 Å². The van der Waals surface area contributed by atoms with Crippen LogP contribution in [0.2, 0.25) is 0 Å². The third-order valence-corrected chi connectivity index (χ3v) is 5.75. The van der Waals surface area contributed by atoms with E-state index in [2.05, 4.69) is 4.99 Å². The van der Waals surface area contributed by atoms with Crippen molar-refractivity contribution in [2.75, 3.05) is 13.7 Å². The summed E-state index contributed by atoms with van der Waals surface area (Å²) in [5, 5.41) is 10.2. The Hall–Kier alpha value is -1.88. The van der Waals surface area contributed by atoms with E-state index in [4.69, 9.17) is 9.47 Å². The van der Waals surface area contributed by atoms with Gasteiger partial charge >= 0.3 is 0 Å². The molecule has 1 N–H and O–H groups in total. The van der Waals surface area contributed by atoms with Crippen molar-refractivity contribution >= 4 is 11.5 Å². The van der Waals surface area contributed by atoms with Gasteiger partial charge in [-0.15, -0.1) is 0 Å². The summed E-state index contributed by atoms with van der Waals surface area (Å²) in [7, 11) is 1.64. The first-order chi connectivity index (χ1) is 12.3. The van der Waals surface area contributed by atoms with E-state index in [0.29, 0.717) is 6.61 Å². The van der Waals surface area contributed by atoms with Crippen molar-refractivity contribution in [3.05, 3.63) is 24.3 Å². The van der Waals surface area contributed by atoms with Crippen LogP contribution in [0.25, 0.3) is 0 Å². The number of rotatable bonds is 7. The van der Waals surface area contributed by atoms with E-state index < -0.39 is 12.1 Å². The minimum Gasteiger partial charge on any atom is -0.497 e. The number of Topliss-reactive ketones (excluding diaryl/α,β-unsaturated/α-hetero) is 1. The van der Waals surface area contributed by atoms with Gasteiger partial charge in [0.05, 0.1) is 25.6 Å². The van der Waals surface area contributed by atoms with Gasteiger partial charge in [0.25, 0.3) is 0 Å². The maximum absolute atomic E-state index is 12.9. The quantitative estimate of drug-likeness (QED) is 0.809. The number of ketones is 1. The van der Waals surface area contributed by atoms with E-state index in [9.17, 15) is 9.90 Å². The van der Waals surface area contributed by atoms with Gasteiger partial charge in [-0.25, -0.2) is 0 Å². The summed E-state index contributed by atoms with van der Waals surface area (Å²) in [6.07, 6.45) is 1.99. The minimum absolute atomic E-state index is 0.0425. The molecule has 0 saturated heterocycles. The molecule has 142 valence electrons. The zero-order chi connectivity index (χ0) is 18.9. The van der Waals surface area contributed by atoms with Crippen LogP contribution in [0.5, 0.6) is 11.5 Å². The van der Waals surface area contributed by atoms with Gasteiger partial charge in [-0.2, -0.15) is 0 Å². The van der Waals surface area contributed by atoms with Crippen LogP contribution in [0.15, 0.2) is 29.3 Å². The number of aliphatic hydroxyl groups excluding tert-OH is 1. The number of carbonyl (C=O) groups is 1. The highest BCUT2D eigenvalue weighted by Gasteiger charge is 2.49. The summed E-state index contributed by atoms with van der Waals surface area (Å²) in [5.41, 5.74) is 0.802. The summed E-state index contributed by atoms with van der Waals surface area (Å²) < 4.78 is 11.1. The summed E-state index contributed by atoms with van der Waals surface area (Å²) >= 11 is 0. The van der Waals surface area contributed by atoms with Crippen molar-refractivity contribution in [2.24, 2.45) is 28.2 Å². The van der Waals surface area contributed by atoms with Crippen LogP contribution in [-0.2, 0) is 4.79 Å². The lowest BCUT2D eigenvalue weighted by molar-refractivity contribution is -0.131. The maximum Gasteiger partial charge on any atom is 0.154 e. The van der Waals surface area contributed by atoms with Gasteiger partial charge in [0, 0.05) is 11.1 Å². The monoisotopic (exact) mass is 359 g/mol. The number of hydrogen-bond acceptors (Lipinski definition) is 5. The molecule has 1 aromatic carbocycles. The number of ether oxygens (including phenoxy) is 2. The fourth-order valence-electron chi connectivity index (χ4n) is 3.81. The number of hydrogen-bond donors (Lipinski definition) is 1. The lowest BCUT2D eigenvalue weighted by atomic mass is 9.75. The molecule has 3 unspecified atom stereocenters. The van der Waals surface area contributed by atoms with Crippen LogP contribution in [-0.4, -0.2) is 36.5 Å². The summed E-state index contributed by atoms with van der Waals surface area (Å²) in [6, 6.07) is 7.56. The topological polar surface area (TPSA) is 68.1 Å². The second-order valence-corrected chi connectivity index (χ2v) is 8.08. The standard InChI is InChI=1S/C21H29NO4/c1-13(2)18-19(23)17(14(3)22-20(18)24)11-21(9-10-21)12-26-16-7-5-15(25-4)6-8-16/h5-8,13,17-18,20,24H,9-12H2,1-4H3. The van der Waals surface area contributed by atoms with Crippen LogP contribution in [0, 0.1) is 23.2 Å². The zero-order valence-corrected chi connectivity index (χ0v) is 16.1. The average Bonchev–Trinajstić information content (AvgIpc) is 3.37. The number of methoxy groups -OCH3 is 1. The molecular weight excluding hydrogens is 330 g/mol. The minimum atomic E-state index is -0.899. The smallest absolute Gasteiger partial charge is 0.154 e. The molecule has 3 rings (SSSR count). The lowest BCUT2D eigenvalue weighted by Gasteiger charge is -2.34. The molecular formula is C21H29NO4. The highest BCUT2D eigenvalue weighted by atomic mass is 16.5. The molecule has 0 radical (unpaired) electrons. The van der Waals surface area contributed by atoms with Crippen LogP contribution >= 0.6 is 0 Å². The van der Waals surface area contributed by atoms with Gasteiger partial charge in [0.15, 0.2) is 6.23 Å². The molecule has 1 fully saturated rings. The van der Waals surface area contributed by atoms with Crippen molar-refractivity contribution in [3.8, 4) is 11.5 Å². The van der Waals surface area contributed by atoms with Crippen molar-refractivity contribution in [2.45, 2.75) is 46.3 Å². The fourth-order valence-corrected chi connectivity index (χ4v) is 3.81. The second kappa shape index (κ2) is 7.39. The van der Waals surface area contributed by atoms with Gasteiger partial charge < -0.3 is 14.6 Å². The van der Waals surface area contributed by atoms with E-state index in [1.165, 1.54) is 0 Å². The number of aliphatic hydroxyl groups is 1. The highest BCUT2D eigenvalue weighted by molar-refractivity contribution is 6.07. The van der Waals surface area contributed by atoms with Crippen LogP contribution in [0.3, 0.4) is 0 Å². The third-order valence-electron chi connectivity index (χ3n) is 5.75. The highest BCUT2D eigenvalue weighted by Crippen LogP contribution is 2.52. The van der Waals surface area contributed by atoms with Gasteiger partial charge in [-0.1, -0.05) is 13.8 Å². The fraction of sp³-hybridized carbons (Fsp3) is 0.619. The van der Waals surface area contributed by atoms with E-state index >= 15 is 0 Å². The molecule has 1 aliphatic heterocycles. The number of aliphatic imine (C=N–C) groups is 1. The predicted molar refractivity (Wildman–Crippen MR) is 101 cm³/mol. The Kier molecular flexibility index (Phi) is 5.37. The average molecular weight is 359 g/mol. The number of benzene rings is 1. The SMILES string of the molecule is COc1ccc(OCC2(CC3C(=O)C(C(C)C)C(O)N=C3C)CC2)cc1. The summed E-state index contributed by atoms with van der Waals surface area (Å²) in [6.45, 7) is 6.41. The molecule has 2 aliphatic rings. The molecule has 1 heterocycles. The van der Waals surface area contributed by atoms with Crippen molar-refractivity contribution < 1.29 is 19.4 Å². The van der Waals surface area contributed by atoms with Crippen LogP contribution < -0.4 is 9.47 Å². The predicted octanol–water partition coefficient (Wildman–Crippen LogP) is 3.49. The van der Waals surface area contributed by atoms with Crippen molar-refractivity contribution in [1.29, 1.82) is 0 Å². The van der Waals surface area contributed by atoms with E-state index in [0.717, 1.165) is 36.5 Å². The molecule has 0 aromatic heterocycles. The van der Waals surface area contributed by atoms with E-state index in [1.807, 2.05) is 45.0 Å². The Labute approximate surface area is 155 Å². The molecule has 5 heteroatoms. The summed E-state index contributed by atoms with van der Waals surface area (Å²) in [5.74, 6) is 1.23. The first kappa shape index (κ1) is 18.9. The number of carbonyl (C=O) groups excluding carboxylic acids is 1. The first-order valence-electron chi connectivity index (χ1n) is 9.38. The molecule has 3 atom stereocenters. The Bertz CT molecular complexity index is 676.